The maximum absolute atomic E-state index is 12.2. The molecule has 0 aromatic heterocycles. The molecule has 0 spiro atoms. The monoisotopic (exact) mass is 298 g/mol. The van der Waals surface area contributed by atoms with Crippen molar-refractivity contribution in [3.05, 3.63) is 29.3 Å². The van der Waals surface area contributed by atoms with E-state index in [1.807, 2.05) is 27.7 Å². The minimum atomic E-state index is -3.82. The third kappa shape index (κ3) is 4.31. The van der Waals surface area contributed by atoms with Gasteiger partial charge in [-0.3, -0.25) is 4.79 Å². The van der Waals surface area contributed by atoms with Crippen LogP contribution < -0.4 is 10.5 Å². The lowest BCUT2D eigenvalue weighted by Crippen LogP contribution is -2.41. The lowest BCUT2D eigenvalue weighted by molar-refractivity contribution is 0.0910. The lowest BCUT2D eigenvalue weighted by Gasteiger charge is -2.28. The van der Waals surface area contributed by atoms with Gasteiger partial charge in [-0.25, -0.2) is 13.6 Å². The van der Waals surface area contributed by atoms with E-state index in [1.54, 1.807) is 13.0 Å². The van der Waals surface area contributed by atoms with E-state index in [1.165, 1.54) is 12.1 Å². The van der Waals surface area contributed by atoms with Gasteiger partial charge >= 0.3 is 0 Å². The van der Waals surface area contributed by atoms with Crippen molar-refractivity contribution in [1.82, 2.24) is 5.32 Å². The van der Waals surface area contributed by atoms with Crippen LogP contribution in [0.2, 0.25) is 0 Å². The zero-order valence-electron chi connectivity index (χ0n) is 12.5. The van der Waals surface area contributed by atoms with Gasteiger partial charge in [-0.2, -0.15) is 0 Å². The van der Waals surface area contributed by atoms with E-state index in [2.05, 4.69) is 5.32 Å². The van der Waals surface area contributed by atoms with Crippen molar-refractivity contribution >= 4 is 15.9 Å². The highest BCUT2D eigenvalue weighted by atomic mass is 32.2. The number of rotatable bonds is 3. The fraction of sp³-hybridized carbons (Fsp3) is 0.500. The summed E-state index contributed by atoms with van der Waals surface area (Å²) in [6.07, 6.45) is 0. The van der Waals surface area contributed by atoms with Gasteiger partial charge in [0.1, 0.15) is 0 Å². The molecule has 0 aliphatic rings. The molecule has 5 nitrogen and oxygen atoms in total. The summed E-state index contributed by atoms with van der Waals surface area (Å²) < 4.78 is 22.8. The highest BCUT2D eigenvalue weighted by Crippen LogP contribution is 2.20. The van der Waals surface area contributed by atoms with Crippen LogP contribution in [-0.2, 0) is 10.0 Å². The summed E-state index contributed by atoms with van der Waals surface area (Å²) in [5, 5.41) is 7.97. The number of amides is 1. The van der Waals surface area contributed by atoms with Crippen LogP contribution in [0.5, 0.6) is 0 Å². The molecule has 1 unspecified atom stereocenters. The highest BCUT2D eigenvalue weighted by molar-refractivity contribution is 7.89. The van der Waals surface area contributed by atoms with Gasteiger partial charge in [0, 0.05) is 11.6 Å². The molecule has 1 aromatic rings. The van der Waals surface area contributed by atoms with Gasteiger partial charge in [-0.15, -0.1) is 0 Å². The molecular formula is C14H22N2O3S. The maximum atomic E-state index is 12.2. The summed E-state index contributed by atoms with van der Waals surface area (Å²) in [5.41, 5.74) is 0.887. The molecule has 0 aliphatic heterocycles. The number of primary sulfonamides is 1. The number of nitrogens with two attached hydrogens (primary N) is 1. The molecule has 112 valence electrons. The number of carbonyl (C=O) groups excluding carboxylic acids is 1. The predicted molar refractivity (Wildman–Crippen MR) is 78.9 cm³/mol. The molecule has 0 saturated heterocycles. The second kappa shape index (κ2) is 5.54. The first-order chi connectivity index (χ1) is 8.91. The van der Waals surface area contributed by atoms with Crippen LogP contribution in [-0.4, -0.2) is 20.4 Å². The first-order valence-corrected chi connectivity index (χ1v) is 7.91. The SMILES string of the molecule is Cc1cc(C(=O)NC(C)C(C)(C)C)cc(S(N)(=O)=O)c1. The van der Waals surface area contributed by atoms with Crippen molar-refractivity contribution < 1.29 is 13.2 Å². The number of sulfonamides is 1. The van der Waals surface area contributed by atoms with Crippen LogP contribution in [0.4, 0.5) is 0 Å². The Balaban J connectivity index is 3.09. The van der Waals surface area contributed by atoms with Crippen molar-refractivity contribution in [3.8, 4) is 0 Å². The van der Waals surface area contributed by atoms with Crippen LogP contribution in [0, 0.1) is 12.3 Å². The Kier molecular flexibility index (Phi) is 4.61. The molecule has 0 fully saturated rings. The quantitative estimate of drug-likeness (QED) is 0.891. The zero-order valence-corrected chi connectivity index (χ0v) is 13.3. The lowest BCUT2D eigenvalue weighted by atomic mass is 9.88. The number of nitrogens with one attached hydrogen (secondary N) is 1. The molecule has 1 atom stereocenters. The average Bonchev–Trinajstić information content (AvgIpc) is 2.25. The van der Waals surface area contributed by atoms with Crippen LogP contribution in [0.25, 0.3) is 0 Å². The Morgan fingerprint density at radius 1 is 1.25 bits per heavy atom. The summed E-state index contributed by atoms with van der Waals surface area (Å²) in [6.45, 7) is 9.69. The Hall–Kier alpha value is -1.40. The fourth-order valence-corrected chi connectivity index (χ4v) is 2.18. The van der Waals surface area contributed by atoms with E-state index in [0.717, 1.165) is 0 Å². The smallest absolute Gasteiger partial charge is 0.251 e. The minimum Gasteiger partial charge on any atom is -0.349 e. The van der Waals surface area contributed by atoms with Crippen LogP contribution in [0.15, 0.2) is 23.1 Å². The molecule has 0 aliphatic carbocycles. The highest BCUT2D eigenvalue weighted by Gasteiger charge is 2.23. The first-order valence-electron chi connectivity index (χ1n) is 6.36. The van der Waals surface area contributed by atoms with Gasteiger partial charge in [-0.05, 0) is 43.0 Å². The number of carbonyl (C=O) groups is 1. The predicted octanol–water partition coefficient (Wildman–Crippen LogP) is 1.81. The van der Waals surface area contributed by atoms with Crippen LogP contribution in [0.1, 0.15) is 43.6 Å². The third-order valence-corrected chi connectivity index (χ3v) is 4.18. The van der Waals surface area contributed by atoms with E-state index in [4.69, 9.17) is 5.14 Å². The molecule has 0 saturated carbocycles. The molecule has 6 heteroatoms. The molecule has 1 rings (SSSR count). The van der Waals surface area contributed by atoms with Crippen molar-refractivity contribution in [2.45, 2.75) is 45.6 Å². The molecule has 3 N–H and O–H groups in total. The standard InChI is InChI=1S/C14H22N2O3S/c1-9-6-11(8-12(7-9)20(15,18)19)13(17)16-10(2)14(3,4)5/h6-8,10H,1-5H3,(H,16,17)(H2,15,18,19). The number of hydrogen-bond donors (Lipinski definition) is 2. The molecular weight excluding hydrogens is 276 g/mol. The Morgan fingerprint density at radius 3 is 2.25 bits per heavy atom. The third-order valence-electron chi connectivity index (χ3n) is 3.29. The second-order valence-corrected chi connectivity index (χ2v) is 7.70. The van der Waals surface area contributed by atoms with Gasteiger partial charge in [0.05, 0.1) is 4.90 Å². The first kappa shape index (κ1) is 16.7. The largest absolute Gasteiger partial charge is 0.349 e. The summed E-state index contributed by atoms with van der Waals surface area (Å²) in [4.78, 5) is 12.1. The van der Waals surface area contributed by atoms with Crippen molar-refractivity contribution in [2.24, 2.45) is 10.6 Å². The van der Waals surface area contributed by atoms with Gasteiger partial charge in [0.25, 0.3) is 5.91 Å². The van der Waals surface area contributed by atoms with Crippen LogP contribution >= 0.6 is 0 Å². The van der Waals surface area contributed by atoms with Gasteiger partial charge < -0.3 is 5.32 Å². The van der Waals surface area contributed by atoms with E-state index >= 15 is 0 Å². The van der Waals surface area contributed by atoms with Crippen molar-refractivity contribution in [2.75, 3.05) is 0 Å². The molecule has 0 radical (unpaired) electrons. The molecule has 0 bridgehead atoms. The number of hydrogen-bond acceptors (Lipinski definition) is 3. The number of aryl methyl sites for hydroxylation is 1. The fourth-order valence-electron chi connectivity index (χ4n) is 1.54. The van der Waals surface area contributed by atoms with Crippen LogP contribution in [0.3, 0.4) is 0 Å². The molecule has 20 heavy (non-hydrogen) atoms. The van der Waals surface area contributed by atoms with E-state index < -0.39 is 10.0 Å². The summed E-state index contributed by atoms with van der Waals surface area (Å²) in [7, 11) is -3.82. The van der Waals surface area contributed by atoms with E-state index in [-0.39, 0.29) is 22.3 Å². The van der Waals surface area contributed by atoms with Gasteiger partial charge in [0.15, 0.2) is 0 Å². The van der Waals surface area contributed by atoms with Crippen molar-refractivity contribution in [1.29, 1.82) is 0 Å². The average molecular weight is 298 g/mol. The van der Waals surface area contributed by atoms with Gasteiger partial charge in [-0.1, -0.05) is 20.8 Å². The van der Waals surface area contributed by atoms with Crippen molar-refractivity contribution in [3.63, 3.8) is 0 Å². The topological polar surface area (TPSA) is 89.3 Å². The molecule has 1 aromatic carbocycles. The molecule has 1 amide bonds. The normalized spacial score (nSPS) is 13.9. The Labute approximate surface area is 120 Å². The second-order valence-electron chi connectivity index (χ2n) is 6.14. The van der Waals surface area contributed by atoms with Gasteiger partial charge in [0.2, 0.25) is 10.0 Å². The maximum Gasteiger partial charge on any atom is 0.251 e. The summed E-state index contributed by atoms with van der Waals surface area (Å²) in [5.74, 6) is -0.305. The summed E-state index contributed by atoms with van der Waals surface area (Å²) in [6, 6.07) is 4.33. The Morgan fingerprint density at radius 2 is 1.80 bits per heavy atom. The Bertz CT molecular complexity index is 616. The minimum absolute atomic E-state index is 0.0477. The van der Waals surface area contributed by atoms with E-state index in [9.17, 15) is 13.2 Å². The summed E-state index contributed by atoms with van der Waals surface area (Å²) >= 11 is 0. The number of benzene rings is 1. The zero-order chi connectivity index (χ0) is 15.7. The molecule has 0 heterocycles. The van der Waals surface area contributed by atoms with E-state index in [0.29, 0.717) is 11.1 Å².